The van der Waals surface area contributed by atoms with Gasteiger partial charge in [-0.15, -0.1) is 0 Å². The molecule has 14 heteroatoms. The number of hydrogen-bond donors (Lipinski definition) is 3. The van der Waals surface area contributed by atoms with Gasteiger partial charge in [0, 0.05) is 43.9 Å². The van der Waals surface area contributed by atoms with Gasteiger partial charge >= 0.3 is 19.8 Å². The summed E-state index contributed by atoms with van der Waals surface area (Å²) in [5.41, 5.74) is 2.62. The van der Waals surface area contributed by atoms with Gasteiger partial charge in [0.05, 0.1) is 40.0 Å². The highest BCUT2D eigenvalue weighted by atomic mass is 31.2. The summed E-state index contributed by atoms with van der Waals surface area (Å²) in [6.45, 7) is 8.30. The van der Waals surface area contributed by atoms with Crippen molar-refractivity contribution in [2.75, 3.05) is 47.5 Å². The predicted octanol–water partition coefficient (Wildman–Crippen LogP) is 10.2. The molecule has 64 heavy (non-hydrogen) atoms. The van der Waals surface area contributed by atoms with Crippen molar-refractivity contribution in [3.8, 4) is 0 Å². The fourth-order valence-corrected chi connectivity index (χ4v) is 8.56. The number of ether oxygens (including phenoxy) is 2. The molecule has 1 saturated carbocycles. The average molecular weight is 925 g/mol. The summed E-state index contributed by atoms with van der Waals surface area (Å²) >= 11 is 0. The highest BCUT2D eigenvalue weighted by Crippen LogP contribution is 2.43. The molecule has 0 radical (unpaired) electrons. The number of hydrogen-bond acceptors (Lipinski definition) is 11. The van der Waals surface area contributed by atoms with E-state index in [9.17, 15) is 34.1 Å². The Kier molecular flexibility index (Phi) is 28.9. The highest BCUT2D eigenvalue weighted by molar-refractivity contribution is 7.47. The fraction of sp³-hybridized carbons (Fsp3) is 0.780. The van der Waals surface area contributed by atoms with Crippen molar-refractivity contribution in [1.82, 2.24) is 0 Å². The van der Waals surface area contributed by atoms with Crippen LogP contribution >= 0.6 is 7.82 Å². The molecule has 1 aromatic heterocycles. The number of furan rings is 1. The Balaban J connectivity index is 1.74. The maximum absolute atomic E-state index is 12.8. The second-order valence-electron chi connectivity index (χ2n) is 18.9. The summed E-state index contributed by atoms with van der Waals surface area (Å²) in [6.07, 6.45) is 24.2. The van der Waals surface area contributed by atoms with Crippen LogP contribution < -0.4 is 0 Å². The Bertz CT molecular complexity index is 1580. The lowest BCUT2D eigenvalue weighted by atomic mass is 9.90. The molecule has 13 nitrogen and oxygen atoms in total. The van der Waals surface area contributed by atoms with Crippen LogP contribution in [0.5, 0.6) is 0 Å². The minimum absolute atomic E-state index is 0.0180. The number of phosphoric ester groups is 1. The number of Topliss-reactive ketones (excluding diaryl/α,β-unsaturated/α-hetero) is 1. The topological polar surface area (TPSA) is 179 Å². The van der Waals surface area contributed by atoms with E-state index in [1.54, 1.807) is 12.2 Å². The lowest BCUT2D eigenvalue weighted by molar-refractivity contribution is -0.870. The summed E-state index contributed by atoms with van der Waals surface area (Å²) in [4.78, 5) is 48.3. The zero-order chi connectivity index (χ0) is 47.4. The number of aryl methyl sites for hydroxylation is 2. The van der Waals surface area contributed by atoms with Gasteiger partial charge in [0.2, 0.25) is 0 Å². The second kappa shape index (κ2) is 32.1. The average Bonchev–Trinajstić information content (AvgIpc) is 3.66. The third-order valence-electron chi connectivity index (χ3n) is 12.1. The summed E-state index contributed by atoms with van der Waals surface area (Å²) in [7, 11) is 1.31. The number of unbranched alkanes of at least 4 members (excludes halogenated alkanes) is 12. The number of nitrogens with zero attached hydrogens (tertiary/aromatic N) is 1. The van der Waals surface area contributed by atoms with E-state index < -0.39 is 50.6 Å². The number of esters is 2. The van der Waals surface area contributed by atoms with Gasteiger partial charge in [0.15, 0.2) is 6.10 Å². The van der Waals surface area contributed by atoms with Crippen LogP contribution in [0.15, 0.2) is 28.7 Å². The first-order valence-electron chi connectivity index (χ1n) is 24.5. The number of allylic oxidation sites excluding steroid dienone is 3. The third-order valence-corrected chi connectivity index (χ3v) is 13.0. The predicted molar refractivity (Wildman–Crippen MR) is 252 cm³/mol. The van der Waals surface area contributed by atoms with Crippen LogP contribution in [0.1, 0.15) is 171 Å². The highest BCUT2D eigenvalue weighted by Gasteiger charge is 2.39. The molecular weight excluding hydrogens is 838 g/mol. The number of ketones is 1. The standard InChI is InChI=1S/C50H86NO12P/c1-8-10-20-26-41(52)32-33-44-43(45(53)36-46(44)54)27-22-18-19-24-30-49(55)59-37-42(38-61-64(57,58)60-35-34-51(5,6)7)62-50(56)31-25-17-15-13-12-14-16-23-29-48-40(4)39(3)47(63-48)28-21-11-9-2/h18,22,32-33,41-45,52-53H,8-17,19-21,23-31,34-38H2,1-7H3/p+1/b22-18-,33-32+/t41-,42+,43+,44+,45-/m0/s1. The van der Waals surface area contributed by atoms with E-state index in [1.165, 1.54) is 30.4 Å². The van der Waals surface area contributed by atoms with Crippen LogP contribution in [0, 0.1) is 25.7 Å². The van der Waals surface area contributed by atoms with E-state index >= 15 is 0 Å². The molecule has 0 saturated heterocycles. The maximum atomic E-state index is 12.8. The quantitative estimate of drug-likeness (QED) is 0.0189. The summed E-state index contributed by atoms with van der Waals surface area (Å²) in [6, 6.07) is 0. The number of quaternary nitrogens is 1. The Labute approximate surface area is 385 Å². The van der Waals surface area contributed by atoms with E-state index in [-0.39, 0.29) is 44.2 Å². The Morgan fingerprint density at radius 3 is 2.05 bits per heavy atom. The van der Waals surface area contributed by atoms with Crippen molar-refractivity contribution in [2.24, 2.45) is 11.8 Å². The molecule has 0 spiro atoms. The van der Waals surface area contributed by atoms with Crippen LogP contribution in [0.25, 0.3) is 0 Å². The Morgan fingerprint density at radius 1 is 0.812 bits per heavy atom. The van der Waals surface area contributed by atoms with Crippen LogP contribution in [0.2, 0.25) is 0 Å². The van der Waals surface area contributed by atoms with Crippen molar-refractivity contribution >= 4 is 25.5 Å². The molecule has 0 bridgehead atoms. The lowest BCUT2D eigenvalue weighted by Gasteiger charge is -2.24. The summed E-state index contributed by atoms with van der Waals surface area (Å²) in [5.74, 6) is 0.547. The van der Waals surface area contributed by atoms with Crippen molar-refractivity contribution < 1.29 is 61.5 Å². The first kappa shape index (κ1) is 57.5. The van der Waals surface area contributed by atoms with Crippen molar-refractivity contribution in [2.45, 2.75) is 194 Å². The Hall–Kier alpha value is -2.64. The SMILES string of the molecule is CCCCCc1oc(CCCCCCCCCCC(=O)O[C@H](COC(=O)CCC/C=C\C[C@H]2[C@@H](O)CC(=O)[C@@H]2/C=C/[C@@H](O)CCCCC)COP(=O)(O)OCC[N+](C)(C)C)c(C)c1C. The summed E-state index contributed by atoms with van der Waals surface area (Å²) in [5, 5.41) is 20.8. The molecule has 1 heterocycles. The summed E-state index contributed by atoms with van der Waals surface area (Å²) < 4.78 is 40.6. The second-order valence-corrected chi connectivity index (χ2v) is 20.3. The normalized spacial score (nSPS) is 18.8. The third kappa shape index (κ3) is 25.3. The molecule has 1 aliphatic rings. The minimum Gasteiger partial charge on any atom is -0.466 e. The number of rotatable bonds is 37. The van der Waals surface area contributed by atoms with E-state index in [2.05, 4.69) is 27.7 Å². The van der Waals surface area contributed by atoms with Gasteiger partial charge in [-0.05, 0) is 69.9 Å². The van der Waals surface area contributed by atoms with E-state index in [0.717, 1.165) is 88.6 Å². The van der Waals surface area contributed by atoms with Crippen LogP contribution in [-0.2, 0) is 50.3 Å². The van der Waals surface area contributed by atoms with E-state index in [4.69, 9.17) is 22.9 Å². The molecule has 0 amide bonds. The van der Waals surface area contributed by atoms with Crippen LogP contribution in [-0.4, -0.2) is 103 Å². The van der Waals surface area contributed by atoms with E-state index in [1.807, 2.05) is 33.3 Å². The molecule has 3 N–H and O–H groups in total. The largest absolute Gasteiger partial charge is 0.472 e. The van der Waals surface area contributed by atoms with Gasteiger partial charge in [0.25, 0.3) is 0 Å². The van der Waals surface area contributed by atoms with Crippen molar-refractivity contribution in [3.63, 3.8) is 0 Å². The molecule has 0 aliphatic heterocycles. The first-order chi connectivity index (χ1) is 30.5. The zero-order valence-electron chi connectivity index (χ0n) is 40.7. The molecule has 6 atom stereocenters. The van der Waals surface area contributed by atoms with Gasteiger partial charge in [-0.25, -0.2) is 4.57 Å². The maximum Gasteiger partial charge on any atom is 0.472 e. The zero-order valence-corrected chi connectivity index (χ0v) is 41.6. The monoisotopic (exact) mass is 925 g/mol. The van der Waals surface area contributed by atoms with Gasteiger partial charge in [-0.2, -0.15) is 0 Å². The number of aliphatic hydroxyl groups is 2. The molecular formula is C50H87NO12P+. The van der Waals surface area contributed by atoms with Gasteiger partial charge in [-0.1, -0.05) is 109 Å². The number of likely N-dealkylation sites (N-methyl/N-ethyl adjacent to an activating group) is 1. The Morgan fingerprint density at radius 2 is 1.41 bits per heavy atom. The first-order valence-corrected chi connectivity index (χ1v) is 26.0. The molecule has 2 rings (SSSR count). The molecule has 368 valence electrons. The molecule has 0 aromatic carbocycles. The lowest BCUT2D eigenvalue weighted by Crippen LogP contribution is -2.37. The smallest absolute Gasteiger partial charge is 0.466 e. The fourth-order valence-electron chi connectivity index (χ4n) is 7.82. The minimum atomic E-state index is -4.46. The van der Waals surface area contributed by atoms with E-state index in [0.29, 0.717) is 43.1 Å². The van der Waals surface area contributed by atoms with Gasteiger partial charge < -0.3 is 33.5 Å². The van der Waals surface area contributed by atoms with Gasteiger partial charge in [-0.3, -0.25) is 23.4 Å². The van der Waals surface area contributed by atoms with Crippen LogP contribution in [0.4, 0.5) is 0 Å². The molecule has 1 fully saturated rings. The van der Waals surface area contributed by atoms with Crippen molar-refractivity contribution in [3.05, 3.63) is 47.0 Å². The number of phosphoric acid groups is 1. The van der Waals surface area contributed by atoms with Gasteiger partial charge in [0.1, 0.15) is 37.1 Å². The van der Waals surface area contributed by atoms with Crippen molar-refractivity contribution in [1.29, 1.82) is 0 Å². The molecule has 1 aromatic rings. The van der Waals surface area contributed by atoms with Crippen LogP contribution in [0.3, 0.4) is 0 Å². The molecule has 1 aliphatic carbocycles. The molecule has 1 unspecified atom stereocenters. The number of carbonyl (C=O) groups is 3. The number of carbonyl (C=O) groups excluding carboxylic acids is 3. The number of aliphatic hydroxyl groups excluding tert-OH is 2.